The molecular formula is C12H18O3. The van der Waals surface area contributed by atoms with E-state index in [1.807, 2.05) is 6.92 Å². The van der Waals surface area contributed by atoms with Crippen molar-refractivity contribution in [3.63, 3.8) is 0 Å². The Kier molecular flexibility index (Phi) is 4.06. The van der Waals surface area contributed by atoms with Crippen LogP contribution in [0.25, 0.3) is 0 Å². The first-order valence-corrected chi connectivity index (χ1v) is 5.47. The molecule has 1 aliphatic rings. The highest BCUT2D eigenvalue weighted by atomic mass is 16.4. The minimum absolute atomic E-state index is 0.192. The number of Topliss-reactive ketones (excluding diaryl/α,β-unsaturated/α-hetero) is 1. The van der Waals surface area contributed by atoms with Crippen molar-refractivity contribution in [1.82, 2.24) is 0 Å². The van der Waals surface area contributed by atoms with E-state index in [1.54, 1.807) is 0 Å². The molecule has 0 bridgehead atoms. The van der Waals surface area contributed by atoms with Crippen LogP contribution in [-0.4, -0.2) is 16.9 Å². The molecule has 0 aromatic heterocycles. The van der Waals surface area contributed by atoms with Gasteiger partial charge in [0.1, 0.15) is 0 Å². The van der Waals surface area contributed by atoms with Crippen LogP contribution in [0.3, 0.4) is 0 Å². The van der Waals surface area contributed by atoms with E-state index in [4.69, 9.17) is 5.11 Å². The first-order valence-electron chi connectivity index (χ1n) is 5.47. The van der Waals surface area contributed by atoms with E-state index in [-0.39, 0.29) is 12.2 Å². The van der Waals surface area contributed by atoms with Crippen molar-refractivity contribution in [2.24, 2.45) is 5.92 Å². The summed E-state index contributed by atoms with van der Waals surface area (Å²) in [4.78, 5) is 21.9. The zero-order chi connectivity index (χ0) is 11.4. The Morgan fingerprint density at radius 3 is 2.80 bits per heavy atom. The summed E-state index contributed by atoms with van der Waals surface area (Å²) in [5.74, 6) is -0.0852. The van der Waals surface area contributed by atoms with Gasteiger partial charge in [-0.25, -0.2) is 0 Å². The molecule has 84 valence electrons. The quantitative estimate of drug-likeness (QED) is 0.775. The SMILES string of the molecule is CC1=C(CCCC(=O)O)C(C)CCC1=O. The molecule has 0 aliphatic heterocycles. The number of ketones is 1. The molecule has 0 aromatic carbocycles. The standard InChI is InChI=1S/C12H18O3/c1-8-6-7-11(13)9(2)10(8)4-3-5-12(14)15/h8H,3-7H2,1-2H3,(H,14,15). The minimum atomic E-state index is -0.761. The zero-order valence-electron chi connectivity index (χ0n) is 9.38. The Morgan fingerprint density at radius 1 is 1.53 bits per heavy atom. The molecule has 0 aromatic rings. The van der Waals surface area contributed by atoms with Crippen molar-refractivity contribution >= 4 is 11.8 Å². The number of carboxylic acids is 1. The molecule has 0 saturated heterocycles. The lowest BCUT2D eigenvalue weighted by molar-refractivity contribution is -0.137. The number of carbonyl (C=O) groups excluding carboxylic acids is 1. The zero-order valence-corrected chi connectivity index (χ0v) is 9.38. The highest BCUT2D eigenvalue weighted by Crippen LogP contribution is 2.30. The highest BCUT2D eigenvalue weighted by molar-refractivity contribution is 5.96. The fourth-order valence-corrected chi connectivity index (χ4v) is 2.12. The molecule has 1 atom stereocenters. The average molecular weight is 210 g/mol. The third-order valence-electron chi connectivity index (χ3n) is 3.14. The summed E-state index contributed by atoms with van der Waals surface area (Å²) >= 11 is 0. The lowest BCUT2D eigenvalue weighted by Gasteiger charge is -2.23. The molecule has 3 heteroatoms. The Labute approximate surface area is 90.2 Å². The van der Waals surface area contributed by atoms with Crippen molar-refractivity contribution in [3.05, 3.63) is 11.1 Å². The number of allylic oxidation sites excluding steroid dienone is 2. The summed E-state index contributed by atoms with van der Waals surface area (Å²) in [6.45, 7) is 3.99. The van der Waals surface area contributed by atoms with Gasteiger partial charge in [-0.2, -0.15) is 0 Å². The van der Waals surface area contributed by atoms with Crippen molar-refractivity contribution in [1.29, 1.82) is 0 Å². The first-order chi connectivity index (χ1) is 7.02. The van der Waals surface area contributed by atoms with E-state index in [1.165, 1.54) is 5.57 Å². The van der Waals surface area contributed by atoms with Gasteiger partial charge in [0.05, 0.1) is 0 Å². The van der Waals surface area contributed by atoms with E-state index in [2.05, 4.69) is 6.92 Å². The molecule has 0 heterocycles. The van der Waals surface area contributed by atoms with Gasteiger partial charge in [0.2, 0.25) is 0 Å². The van der Waals surface area contributed by atoms with Crippen LogP contribution in [0.1, 0.15) is 46.0 Å². The smallest absolute Gasteiger partial charge is 0.303 e. The second kappa shape index (κ2) is 5.10. The molecule has 0 saturated carbocycles. The van der Waals surface area contributed by atoms with Gasteiger partial charge in [-0.15, -0.1) is 0 Å². The summed E-state index contributed by atoms with van der Waals surface area (Å²) in [5, 5.41) is 8.54. The molecule has 0 spiro atoms. The molecular weight excluding hydrogens is 192 g/mol. The van der Waals surface area contributed by atoms with Gasteiger partial charge in [0, 0.05) is 12.8 Å². The maximum Gasteiger partial charge on any atom is 0.303 e. The van der Waals surface area contributed by atoms with Gasteiger partial charge in [-0.05, 0) is 37.7 Å². The maximum atomic E-state index is 11.5. The van der Waals surface area contributed by atoms with Crippen LogP contribution < -0.4 is 0 Å². The third kappa shape index (κ3) is 3.18. The van der Waals surface area contributed by atoms with Crippen LogP contribution in [0.4, 0.5) is 0 Å². The number of aliphatic carboxylic acids is 1. The highest BCUT2D eigenvalue weighted by Gasteiger charge is 2.22. The van der Waals surface area contributed by atoms with E-state index in [0.29, 0.717) is 18.8 Å². The third-order valence-corrected chi connectivity index (χ3v) is 3.14. The maximum absolute atomic E-state index is 11.5. The lowest BCUT2D eigenvalue weighted by atomic mass is 9.81. The van der Waals surface area contributed by atoms with Gasteiger partial charge < -0.3 is 5.11 Å². The van der Waals surface area contributed by atoms with Crippen LogP contribution in [0.15, 0.2) is 11.1 Å². The second-order valence-electron chi connectivity index (χ2n) is 4.26. The largest absolute Gasteiger partial charge is 0.481 e. The topological polar surface area (TPSA) is 54.4 Å². The molecule has 15 heavy (non-hydrogen) atoms. The fraction of sp³-hybridized carbons (Fsp3) is 0.667. The van der Waals surface area contributed by atoms with Crippen molar-refractivity contribution in [2.45, 2.75) is 46.0 Å². The summed E-state index contributed by atoms with van der Waals surface area (Å²) in [6, 6.07) is 0. The molecule has 0 radical (unpaired) electrons. The number of hydrogen-bond donors (Lipinski definition) is 1. The van der Waals surface area contributed by atoms with Gasteiger partial charge in [-0.3, -0.25) is 9.59 Å². The summed E-state index contributed by atoms with van der Waals surface area (Å²) in [6.07, 6.45) is 3.15. The summed E-state index contributed by atoms with van der Waals surface area (Å²) in [7, 11) is 0. The summed E-state index contributed by atoms with van der Waals surface area (Å²) in [5.41, 5.74) is 2.05. The molecule has 1 aliphatic carbocycles. The van der Waals surface area contributed by atoms with Crippen LogP contribution in [0, 0.1) is 5.92 Å². The van der Waals surface area contributed by atoms with Crippen molar-refractivity contribution in [3.8, 4) is 0 Å². The molecule has 3 nitrogen and oxygen atoms in total. The number of rotatable bonds is 4. The van der Waals surface area contributed by atoms with Gasteiger partial charge >= 0.3 is 5.97 Å². The first kappa shape index (κ1) is 12.0. The predicted molar refractivity (Wildman–Crippen MR) is 57.6 cm³/mol. The molecule has 1 unspecified atom stereocenters. The van der Waals surface area contributed by atoms with Crippen molar-refractivity contribution in [2.75, 3.05) is 0 Å². The molecule has 1 N–H and O–H groups in total. The normalized spacial score (nSPS) is 22.0. The number of hydrogen-bond acceptors (Lipinski definition) is 2. The Hall–Kier alpha value is -1.12. The van der Waals surface area contributed by atoms with Crippen LogP contribution in [-0.2, 0) is 9.59 Å². The minimum Gasteiger partial charge on any atom is -0.481 e. The number of carboxylic acid groups (broad SMARTS) is 1. The van der Waals surface area contributed by atoms with E-state index < -0.39 is 5.97 Å². The van der Waals surface area contributed by atoms with Crippen molar-refractivity contribution < 1.29 is 14.7 Å². The lowest BCUT2D eigenvalue weighted by Crippen LogP contribution is -2.16. The van der Waals surface area contributed by atoms with Crippen LogP contribution in [0.5, 0.6) is 0 Å². The Morgan fingerprint density at radius 2 is 2.20 bits per heavy atom. The summed E-state index contributed by atoms with van der Waals surface area (Å²) < 4.78 is 0. The Bertz CT molecular complexity index is 302. The van der Waals surface area contributed by atoms with E-state index in [0.717, 1.165) is 18.4 Å². The monoisotopic (exact) mass is 210 g/mol. The number of carbonyl (C=O) groups is 2. The van der Waals surface area contributed by atoms with Gasteiger partial charge in [-0.1, -0.05) is 12.5 Å². The molecule has 0 fully saturated rings. The fourth-order valence-electron chi connectivity index (χ4n) is 2.12. The Balaban J connectivity index is 2.60. The van der Waals surface area contributed by atoms with Crippen LogP contribution >= 0.6 is 0 Å². The van der Waals surface area contributed by atoms with E-state index in [9.17, 15) is 9.59 Å². The predicted octanol–water partition coefficient (Wildman–Crippen LogP) is 2.56. The van der Waals surface area contributed by atoms with E-state index >= 15 is 0 Å². The van der Waals surface area contributed by atoms with Gasteiger partial charge in [0.25, 0.3) is 0 Å². The van der Waals surface area contributed by atoms with Crippen LogP contribution in [0.2, 0.25) is 0 Å². The average Bonchev–Trinajstić information content (AvgIpc) is 2.17. The molecule has 1 rings (SSSR count). The second-order valence-corrected chi connectivity index (χ2v) is 4.26. The molecule has 0 amide bonds. The van der Waals surface area contributed by atoms with Gasteiger partial charge in [0.15, 0.2) is 5.78 Å².